The van der Waals surface area contributed by atoms with E-state index in [9.17, 15) is 19.2 Å². The lowest BCUT2D eigenvalue weighted by Gasteiger charge is -2.33. The van der Waals surface area contributed by atoms with Crippen LogP contribution in [0.5, 0.6) is 46.0 Å². The average molecular weight is 1760 g/mol. The summed E-state index contributed by atoms with van der Waals surface area (Å²) in [5.74, 6) is -7.77. The van der Waals surface area contributed by atoms with Crippen molar-refractivity contribution in [2.24, 2.45) is 0 Å². The second-order valence-corrected chi connectivity index (χ2v) is 31.5. The molecule has 13 aromatic carbocycles. The van der Waals surface area contributed by atoms with Crippen LogP contribution in [0.25, 0.3) is 43.1 Å². The number of carbonyl (C=O) groups excluding carboxylic acids is 10. The van der Waals surface area contributed by atoms with E-state index in [0.29, 0.717) is 22.3 Å². The zero-order chi connectivity index (χ0) is 88.4. The molecular weight excluding hydrogens is 1690 g/mol. The second kappa shape index (κ2) is 38.6. The number of fused-ring (bicyclic) bond motifs is 2. The summed E-state index contributed by atoms with van der Waals surface area (Å²) in [7, 11) is 0. The van der Waals surface area contributed by atoms with Gasteiger partial charge in [0.1, 0.15) is 79.2 Å². The molecule has 22 nitrogen and oxygen atoms in total. The Bertz CT molecular complexity index is 5760. The Hall–Kier alpha value is -14.4. The lowest BCUT2D eigenvalue weighted by molar-refractivity contribution is -0.139. The van der Waals surface area contributed by atoms with Gasteiger partial charge in [-0.2, -0.15) is 0 Å². The van der Waals surface area contributed by atoms with Gasteiger partial charge in [0.15, 0.2) is 0 Å². The number of imide groups is 2. The van der Waals surface area contributed by atoms with E-state index in [0.717, 1.165) is 32.1 Å². The average Bonchev–Trinajstić information content (AvgIpc) is 0.670. The van der Waals surface area contributed by atoms with Gasteiger partial charge in [-0.25, -0.2) is 19.2 Å². The van der Waals surface area contributed by atoms with Crippen molar-refractivity contribution < 1.29 is 85.8 Å². The number of benzene rings is 13. The molecule has 6 amide bonds. The van der Waals surface area contributed by atoms with Crippen LogP contribution < -0.4 is 18.9 Å². The topological polar surface area (TPSA) is 258 Å². The van der Waals surface area contributed by atoms with Crippen LogP contribution in [-0.4, -0.2) is 118 Å². The number of carbonyl (C=O) groups is 10. The molecule has 126 heavy (non-hydrogen) atoms. The van der Waals surface area contributed by atoms with Gasteiger partial charge in [0.25, 0.3) is 23.6 Å². The maximum absolute atomic E-state index is 16.5. The Morgan fingerprint density at radius 3 is 0.675 bits per heavy atom. The molecule has 632 valence electrons. The highest BCUT2D eigenvalue weighted by Gasteiger charge is 2.43. The van der Waals surface area contributed by atoms with E-state index in [1.165, 1.54) is 24.3 Å². The molecular formula is C100H76Cl4N4O18. The molecule has 0 unspecified atom stereocenters. The summed E-state index contributed by atoms with van der Waals surface area (Å²) in [6.07, 6.45) is 0.864. The molecule has 0 saturated heterocycles. The summed E-state index contributed by atoms with van der Waals surface area (Å²) in [5.41, 5.74) is 5.25. The maximum Gasteiger partial charge on any atom is 0.349 e. The third-order valence-corrected chi connectivity index (χ3v) is 21.8. The lowest BCUT2D eigenvalue weighted by Crippen LogP contribution is -2.47. The number of halogens is 4. The Morgan fingerprint density at radius 2 is 0.476 bits per heavy atom. The van der Waals surface area contributed by atoms with Gasteiger partial charge in [0.2, 0.25) is 11.8 Å². The van der Waals surface area contributed by atoms with Gasteiger partial charge in [-0.15, -0.1) is 0 Å². The standard InChI is InChI=1S/C100H76Cl4N4O18/c1-59(101)97(115)119-45-41-63-25-33-71(34-26-63)123-79-49-75-85-76(94(112)107(93(75)111)57-83(109)105(53-67-17-9-5-10-18-67)54-68-19-11-6-12-20-68)51-81(125-73-37-29-65(30-38-73)43-47-121-99(117)61(3)103)89-90-82(126-74-39-31-66(32-40-74)44-48-122-100(118)62(4)104)52-78-86-77(95(113)108(96(78)114)58-84(110)106(55-69-21-13-7-14-22-69)56-70-23-15-8-16-24-70)50-80(88(92(86)90)87(79)91(85)89)124-72-35-27-64(28-36-72)42-46-120-98(116)60(2)102/h5-40,49-52H,1-4,41-48,53-58H2. The van der Waals surface area contributed by atoms with Crippen LogP contribution >= 0.6 is 46.4 Å². The highest BCUT2D eigenvalue weighted by molar-refractivity contribution is 6.46. The van der Waals surface area contributed by atoms with Crippen LogP contribution in [0.2, 0.25) is 0 Å². The molecule has 0 aromatic heterocycles. The van der Waals surface area contributed by atoms with Crippen molar-refractivity contribution in [3.05, 3.63) is 356 Å². The van der Waals surface area contributed by atoms with Crippen LogP contribution in [0.4, 0.5) is 0 Å². The van der Waals surface area contributed by atoms with Crippen molar-refractivity contribution in [2.75, 3.05) is 39.5 Å². The molecule has 2 aliphatic rings. The van der Waals surface area contributed by atoms with Gasteiger partial charge in [-0.1, -0.05) is 243 Å². The van der Waals surface area contributed by atoms with Crippen LogP contribution in [0.15, 0.2) is 289 Å². The van der Waals surface area contributed by atoms with E-state index >= 15 is 28.8 Å². The first-order chi connectivity index (χ1) is 60.9. The van der Waals surface area contributed by atoms with E-state index < -0.39 is 72.4 Å². The molecule has 13 aromatic rings. The first-order valence-corrected chi connectivity index (χ1v) is 41.3. The van der Waals surface area contributed by atoms with Gasteiger partial charge < -0.3 is 47.7 Å². The third-order valence-electron chi connectivity index (χ3n) is 21.2. The zero-order valence-electron chi connectivity index (χ0n) is 67.5. The number of nitrogens with zero attached hydrogens (tertiary/aromatic N) is 4. The molecule has 0 bridgehead atoms. The Morgan fingerprint density at radius 1 is 0.270 bits per heavy atom. The molecule has 0 spiro atoms. The van der Waals surface area contributed by atoms with Crippen LogP contribution in [-0.2, 0) is 99.6 Å². The highest BCUT2D eigenvalue weighted by Crippen LogP contribution is 2.58. The fourth-order valence-corrected chi connectivity index (χ4v) is 15.3. The first kappa shape index (κ1) is 86.5. The van der Waals surface area contributed by atoms with Gasteiger partial charge >= 0.3 is 23.9 Å². The number of hydrogen-bond acceptors (Lipinski definition) is 18. The van der Waals surface area contributed by atoms with Crippen LogP contribution in [0, 0.1) is 0 Å². The monoisotopic (exact) mass is 1760 g/mol. The Kier molecular flexibility index (Phi) is 26.5. The number of rotatable bonds is 36. The second-order valence-electron chi connectivity index (χ2n) is 29.7. The molecule has 15 rings (SSSR count). The largest absolute Gasteiger partial charge is 0.461 e. The Balaban J connectivity index is 1.00. The highest BCUT2D eigenvalue weighted by atomic mass is 35.5. The quantitative estimate of drug-likeness (QED) is 0.00882. The summed E-state index contributed by atoms with van der Waals surface area (Å²) in [4.78, 5) is 151. The molecule has 0 saturated carbocycles. The van der Waals surface area contributed by atoms with Crippen molar-refractivity contribution in [2.45, 2.75) is 51.9 Å². The number of amides is 6. The van der Waals surface area contributed by atoms with Crippen LogP contribution in [0.1, 0.15) is 85.9 Å². The van der Waals surface area contributed by atoms with Crippen molar-refractivity contribution >= 4 is 149 Å². The predicted molar refractivity (Wildman–Crippen MR) is 477 cm³/mol. The summed E-state index contributed by atoms with van der Waals surface area (Å²) >= 11 is 23.5. The van der Waals surface area contributed by atoms with E-state index in [2.05, 4.69) is 26.3 Å². The summed E-state index contributed by atoms with van der Waals surface area (Å²) in [5, 5.41) is -0.532. The first-order valence-electron chi connectivity index (χ1n) is 39.8. The summed E-state index contributed by atoms with van der Waals surface area (Å²) < 4.78 is 50.5. The van der Waals surface area contributed by atoms with Crippen molar-refractivity contribution in [3.63, 3.8) is 0 Å². The molecule has 0 atom stereocenters. The van der Waals surface area contributed by atoms with E-state index in [1.54, 1.807) is 107 Å². The lowest BCUT2D eigenvalue weighted by atomic mass is 9.80. The number of esters is 4. The van der Waals surface area contributed by atoms with E-state index in [1.807, 2.05) is 121 Å². The van der Waals surface area contributed by atoms with Gasteiger partial charge in [0.05, 0.1) is 48.7 Å². The summed E-state index contributed by atoms with van der Waals surface area (Å²) in [6, 6.07) is 69.8. The molecule has 0 aliphatic carbocycles. The molecule has 2 heterocycles. The third kappa shape index (κ3) is 19.5. The van der Waals surface area contributed by atoms with Gasteiger partial charge in [0, 0.05) is 95.0 Å². The maximum atomic E-state index is 16.5. The van der Waals surface area contributed by atoms with Crippen molar-refractivity contribution in [1.29, 1.82) is 0 Å². The zero-order valence-corrected chi connectivity index (χ0v) is 70.5. The van der Waals surface area contributed by atoms with Crippen molar-refractivity contribution in [1.82, 2.24) is 19.6 Å². The summed E-state index contributed by atoms with van der Waals surface area (Å²) in [6.45, 7) is 12.4. The smallest absolute Gasteiger partial charge is 0.349 e. The van der Waals surface area contributed by atoms with Gasteiger partial charge in [-0.3, -0.25) is 38.6 Å². The fraction of sp³-hybridized carbons (Fsp3) is 0.140. The minimum Gasteiger partial charge on any atom is -0.461 e. The van der Waals surface area contributed by atoms with Crippen molar-refractivity contribution in [3.8, 4) is 46.0 Å². The number of ether oxygens (including phenoxy) is 8. The molecule has 0 radical (unpaired) electrons. The van der Waals surface area contributed by atoms with Crippen LogP contribution in [0.3, 0.4) is 0 Å². The molecule has 26 heteroatoms. The number of hydrogen-bond donors (Lipinski definition) is 0. The minimum absolute atomic E-state index is 0.0341. The normalized spacial score (nSPS) is 12.1. The molecule has 0 fully saturated rings. The predicted octanol–water partition coefficient (Wildman–Crippen LogP) is 19.9. The SMILES string of the molecule is C=C(Cl)C(=O)OCCc1ccc(Oc2cc3c4c(cc(Oc5ccc(CCOC(=O)C(=C)Cl)cc5)c5c6c(Oc7ccc(CCOC(=O)C(=C)Cl)cc7)cc7c8c(cc(Oc9ccc(CCOC(=O)C(=C)Cl)cc9)c(c2c45)c86)C(=O)N(CC(=O)N(Cc2ccccc2)Cc2ccccc2)C7=O)C(=O)N(CC(=O)N(Cc2ccccc2)Cc2ccccc2)C3=O)cc1. The molecule has 0 N–H and O–H groups in total. The fourth-order valence-electron chi connectivity index (χ4n) is 15.1. The minimum atomic E-state index is -0.914. The molecule has 2 aliphatic heterocycles. The van der Waals surface area contributed by atoms with Gasteiger partial charge in [-0.05, 0) is 117 Å². The van der Waals surface area contributed by atoms with E-state index in [-0.39, 0.29) is 210 Å². The van der Waals surface area contributed by atoms with E-state index in [4.69, 9.17) is 84.3 Å². The Labute approximate surface area is 742 Å².